The average molecular weight is 498 g/mol. The molecule has 1 aromatic carbocycles. The number of fused-ring (bicyclic) bond motifs is 1. The molecule has 7 rings (SSSR count). The number of piperazine rings is 1. The van der Waals surface area contributed by atoms with Crippen LogP contribution in [-0.2, 0) is 4.74 Å². The Kier molecular flexibility index (Phi) is 6.06. The molecular formula is C33H43N3O. The maximum absolute atomic E-state index is 7.44. The molecule has 0 N–H and O–H groups in total. The number of likely N-dealkylation sites (N-methyl/N-ethyl adjacent to an activating group) is 1. The van der Waals surface area contributed by atoms with Crippen LogP contribution in [0.1, 0.15) is 76.2 Å². The van der Waals surface area contributed by atoms with Crippen LogP contribution in [0, 0.1) is 5.92 Å². The lowest BCUT2D eigenvalue weighted by atomic mass is 9.73. The molecule has 37 heavy (non-hydrogen) atoms. The van der Waals surface area contributed by atoms with E-state index in [2.05, 4.69) is 65.2 Å². The SMILES string of the molecule is CC1CCC(c2ccc3ccncc3c2)CCC=C2C=C3CCC(N4CCN(C)CC4)CC34CCC21O4. The molecule has 1 saturated carbocycles. The van der Waals surface area contributed by atoms with Crippen molar-refractivity contribution < 1.29 is 4.74 Å². The molecule has 196 valence electrons. The second kappa shape index (κ2) is 9.32. The van der Waals surface area contributed by atoms with Gasteiger partial charge in [-0.05, 0) is 111 Å². The number of hydrogen-bond donors (Lipinski definition) is 0. The smallest absolute Gasteiger partial charge is 0.0966 e. The van der Waals surface area contributed by atoms with Crippen LogP contribution in [0.3, 0.4) is 0 Å². The van der Waals surface area contributed by atoms with Gasteiger partial charge in [-0.25, -0.2) is 0 Å². The van der Waals surface area contributed by atoms with Gasteiger partial charge in [0.25, 0.3) is 0 Å². The summed E-state index contributed by atoms with van der Waals surface area (Å²) < 4.78 is 7.44. The third-order valence-electron chi connectivity index (χ3n) is 10.8. The van der Waals surface area contributed by atoms with E-state index in [-0.39, 0.29) is 11.2 Å². The number of aromatic nitrogens is 1. The van der Waals surface area contributed by atoms with Crippen LogP contribution in [0.4, 0.5) is 0 Å². The highest BCUT2D eigenvalue weighted by Crippen LogP contribution is 2.59. The van der Waals surface area contributed by atoms with Crippen molar-refractivity contribution in [3.05, 3.63) is 65.5 Å². The van der Waals surface area contributed by atoms with Crippen molar-refractivity contribution in [2.24, 2.45) is 5.92 Å². The lowest BCUT2D eigenvalue weighted by Gasteiger charge is -2.50. The molecule has 4 heteroatoms. The molecule has 3 aliphatic heterocycles. The maximum Gasteiger partial charge on any atom is 0.0966 e. The summed E-state index contributed by atoms with van der Waals surface area (Å²) in [6.45, 7) is 7.33. The Hall–Kier alpha value is -2.01. The molecule has 2 aliphatic carbocycles. The van der Waals surface area contributed by atoms with E-state index in [1.54, 1.807) is 5.57 Å². The van der Waals surface area contributed by atoms with Gasteiger partial charge < -0.3 is 9.64 Å². The minimum Gasteiger partial charge on any atom is -0.359 e. The van der Waals surface area contributed by atoms with E-state index in [0.717, 1.165) is 6.42 Å². The van der Waals surface area contributed by atoms with Crippen molar-refractivity contribution in [3.63, 3.8) is 0 Å². The fraction of sp³-hybridized carbons (Fsp3) is 0.606. The van der Waals surface area contributed by atoms with Gasteiger partial charge >= 0.3 is 0 Å². The molecule has 5 unspecified atom stereocenters. The standard InChI is InChI=1S/C33H43N3O/c1-24-6-7-25(27-9-8-26-12-15-34-23-28(26)20-27)4-3-5-30-21-29-10-11-31(36-18-16-35(2)17-19-36)22-32(29)13-14-33(24,30)37-32/h5,8-9,12,15,20-21,23-25,31H,3-4,6-7,10-11,13-14,16-19,22H2,1-2H3. The highest BCUT2D eigenvalue weighted by atomic mass is 16.5. The van der Waals surface area contributed by atoms with Crippen molar-refractivity contribution in [3.8, 4) is 0 Å². The summed E-state index contributed by atoms with van der Waals surface area (Å²) in [5, 5.41) is 2.55. The maximum atomic E-state index is 7.44. The molecule has 4 heterocycles. The van der Waals surface area contributed by atoms with Crippen molar-refractivity contribution >= 4 is 10.8 Å². The predicted molar refractivity (Wildman–Crippen MR) is 151 cm³/mol. The second-order valence-electron chi connectivity index (χ2n) is 12.8. The van der Waals surface area contributed by atoms with Crippen LogP contribution in [-0.4, -0.2) is 65.3 Å². The molecule has 2 bridgehead atoms. The topological polar surface area (TPSA) is 28.6 Å². The van der Waals surface area contributed by atoms with E-state index in [4.69, 9.17) is 4.74 Å². The first-order valence-electron chi connectivity index (χ1n) is 14.9. The van der Waals surface area contributed by atoms with Gasteiger partial charge in [-0.15, -0.1) is 0 Å². The molecule has 2 aromatic rings. The Morgan fingerprint density at radius 2 is 1.86 bits per heavy atom. The van der Waals surface area contributed by atoms with E-state index in [9.17, 15) is 0 Å². The molecule has 3 fully saturated rings. The van der Waals surface area contributed by atoms with Gasteiger partial charge in [0, 0.05) is 50.0 Å². The summed E-state index contributed by atoms with van der Waals surface area (Å²) in [6.07, 6.45) is 20.1. The summed E-state index contributed by atoms with van der Waals surface area (Å²) >= 11 is 0. The number of allylic oxidation sites excluding steroid dienone is 1. The monoisotopic (exact) mass is 497 g/mol. The Morgan fingerprint density at radius 1 is 0.973 bits per heavy atom. The molecular weight excluding hydrogens is 454 g/mol. The van der Waals surface area contributed by atoms with Gasteiger partial charge in [-0.1, -0.05) is 31.2 Å². The number of hydrogen-bond acceptors (Lipinski definition) is 4. The Morgan fingerprint density at radius 3 is 2.76 bits per heavy atom. The van der Waals surface area contributed by atoms with E-state index in [1.807, 2.05) is 12.4 Å². The molecule has 2 spiro atoms. The van der Waals surface area contributed by atoms with Gasteiger partial charge in [0.05, 0.1) is 11.2 Å². The highest BCUT2D eigenvalue weighted by molar-refractivity contribution is 5.82. The van der Waals surface area contributed by atoms with Crippen LogP contribution in [0.15, 0.2) is 60.0 Å². The fourth-order valence-electron chi connectivity index (χ4n) is 8.41. The van der Waals surface area contributed by atoms with Gasteiger partial charge in [-0.2, -0.15) is 0 Å². The van der Waals surface area contributed by atoms with Gasteiger partial charge in [0.15, 0.2) is 0 Å². The molecule has 2 saturated heterocycles. The minimum atomic E-state index is -0.0737. The van der Waals surface area contributed by atoms with Crippen LogP contribution >= 0.6 is 0 Å². The number of benzene rings is 1. The van der Waals surface area contributed by atoms with E-state index >= 15 is 0 Å². The van der Waals surface area contributed by atoms with Gasteiger partial charge in [-0.3, -0.25) is 9.88 Å². The van der Waals surface area contributed by atoms with Crippen LogP contribution in [0.5, 0.6) is 0 Å². The molecule has 4 nitrogen and oxygen atoms in total. The summed E-state index contributed by atoms with van der Waals surface area (Å²) in [5.41, 5.74) is 4.54. The predicted octanol–water partition coefficient (Wildman–Crippen LogP) is 6.48. The average Bonchev–Trinajstić information content (AvgIpc) is 3.27. The number of rotatable bonds is 2. The Bertz CT molecular complexity index is 1230. The first kappa shape index (κ1) is 24.1. The summed E-state index contributed by atoms with van der Waals surface area (Å²) in [5.74, 6) is 1.15. The number of ether oxygens (including phenoxy) is 1. The molecule has 0 radical (unpaired) electrons. The van der Waals surface area contributed by atoms with E-state index < -0.39 is 0 Å². The van der Waals surface area contributed by atoms with E-state index in [0.29, 0.717) is 17.9 Å². The zero-order valence-corrected chi connectivity index (χ0v) is 22.8. The lowest BCUT2D eigenvalue weighted by molar-refractivity contribution is -0.118. The largest absolute Gasteiger partial charge is 0.359 e. The fourth-order valence-corrected chi connectivity index (χ4v) is 8.41. The van der Waals surface area contributed by atoms with Crippen molar-refractivity contribution in [2.45, 2.75) is 87.9 Å². The van der Waals surface area contributed by atoms with Crippen molar-refractivity contribution in [1.29, 1.82) is 0 Å². The summed E-state index contributed by atoms with van der Waals surface area (Å²) in [6, 6.07) is 9.85. The Balaban J connectivity index is 1.13. The first-order chi connectivity index (χ1) is 18.0. The molecule has 1 aromatic heterocycles. The second-order valence-corrected chi connectivity index (χ2v) is 12.8. The van der Waals surface area contributed by atoms with Crippen molar-refractivity contribution in [1.82, 2.24) is 14.8 Å². The lowest BCUT2D eigenvalue weighted by Crippen LogP contribution is -2.55. The molecule has 0 amide bonds. The Labute approximate surface area is 222 Å². The number of nitrogens with zero attached hydrogens (tertiary/aromatic N) is 3. The zero-order valence-electron chi connectivity index (χ0n) is 22.8. The normalized spacial score (nSPS) is 37.1. The summed E-state index contributed by atoms with van der Waals surface area (Å²) in [4.78, 5) is 9.62. The quantitative estimate of drug-likeness (QED) is 0.475. The van der Waals surface area contributed by atoms with E-state index in [1.165, 1.54) is 99.5 Å². The van der Waals surface area contributed by atoms with Crippen LogP contribution in [0.25, 0.3) is 10.8 Å². The third-order valence-corrected chi connectivity index (χ3v) is 10.8. The van der Waals surface area contributed by atoms with Gasteiger partial charge in [0.1, 0.15) is 0 Å². The molecule has 5 atom stereocenters. The first-order valence-corrected chi connectivity index (χ1v) is 14.9. The van der Waals surface area contributed by atoms with Crippen molar-refractivity contribution in [2.75, 3.05) is 33.2 Å². The highest BCUT2D eigenvalue weighted by Gasteiger charge is 2.59. The molecule has 5 aliphatic rings. The van der Waals surface area contributed by atoms with Gasteiger partial charge in [0.2, 0.25) is 0 Å². The summed E-state index contributed by atoms with van der Waals surface area (Å²) in [7, 11) is 2.26. The van der Waals surface area contributed by atoms with Crippen LogP contribution < -0.4 is 0 Å². The number of pyridine rings is 1. The van der Waals surface area contributed by atoms with Crippen LogP contribution in [0.2, 0.25) is 0 Å². The minimum absolute atomic E-state index is 0.00331. The third kappa shape index (κ3) is 4.11. The zero-order chi connectivity index (χ0) is 25.0.